The van der Waals surface area contributed by atoms with Crippen molar-refractivity contribution in [3.05, 3.63) is 12.3 Å². The first-order valence-corrected chi connectivity index (χ1v) is 8.92. The highest BCUT2D eigenvalue weighted by Crippen LogP contribution is 2.11. The number of allylic oxidation sites excluding steroid dienone is 1. The van der Waals surface area contributed by atoms with Gasteiger partial charge >= 0.3 is 5.97 Å². The van der Waals surface area contributed by atoms with Gasteiger partial charge in [-0.1, -0.05) is 45.6 Å². The number of nitrogens with two attached hydrogens (primary N) is 1. The van der Waals surface area contributed by atoms with Crippen LogP contribution in [0.5, 0.6) is 0 Å². The number of nitrogens with zero attached hydrogens (tertiary/aromatic N) is 1. The summed E-state index contributed by atoms with van der Waals surface area (Å²) >= 11 is 0. The molecule has 0 fully saturated rings. The zero-order valence-corrected chi connectivity index (χ0v) is 15.1. The van der Waals surface area contributed by atoms with Gasteiger partial charge in [0.2, 0.25) is 0 Å². The maximum atomic E-state index is 11.4. The lowest BCUT2D eigenvalue weighted by Crippen LogP contribution is -2.49. The largest absolute Gasteiger partial charge is 0.465 e. The van der Waals surface area contributed by atoms with E-state index in [2.05, 4.69) is 18.5 Å². The number of rotatable bonds is 14. The quantitative estimate of drug-likeness (QED) is 0.255. The topological polar surface area (TPSA) is 105 Å². The third kappa shape index (κ3) is 10.5. The first-order valence-electron chi connectivity index (χ1n) is 8.92. The lowest BCUT2D eigenvalue weighted by molar-refractivity contribution is -0.149. The Morgan fingerprint density at radius 1 is 1.21 bits per heavy atom. The third-order valence-corrected chi connectivity index (χ3v) is 3.76. The van der Waals surface area contributed by atoms with Crippen molar-refractivity contribution in [3.63, 3.8) is 0 Å². The molecule has 0 aromatic heterocycles. The summed E-state index contributed by atoms with van der Waals surface area (Å²) in [5.41, 5.74) is 6.30. The van der Waals surface area contributed by atoms with Crippen LogP contribution in [0.15, 0.2) is 17.3 Å². The van der Waals surface area contributed by atoms with Crippen molar-refractivity contribution in [3.8, 4) is 0 Å². The molecule has 0 saturated heterocycles. The van der Waals surface area contributed by atoms with Crippen LogP contribution in [0.25, 0.3) is 0 Å². The van der Waals surface area contributed by atoms with Gasteiger partial charge in [0.1, 0.15) is 12.1 Å². The molecule has 0 rings (SSSR count). The Morgan fingerprint density at radius 2 is 1.83 bits per heavy atom. The average Bonchev–Trinajstić information content (AvgIpc) is 2.56. The number of ether oxygens (including phenoxy) is 1. The van der Waals surface area contributed by atoms with Crippen LogP contribution in [-0.4, -0.2) is 47.3 Å². The van der Waals surface area contributed by atoms with Crippen LogP contribution in [0.2, 0.25) is 0 Å². The maximum Gasteiger partial charge on any atom is 0.325 e. The highest BCUT2D eigenvalue weighted by Gasteiger charge is 2.29. The van der Waals surface area contributed by atoms with Crippen LogP contribution < -0.4 is 5.73 Å². The SMILES string of the molecule is C=C(CCCCCCCC)N=CCC(O)C(O)C(N)C(=O)OCC. The number of aliphatic imine (C=N–C) groups is 1. The van der Waals surface area contributed by atoms with Gasteiger partial charge in [0.25, 0.3) is 0 Å². The number of carbonyl (C=O) groups excluding carboxylic acids is 1. The summed E-state index contributed by atoms with van der Waals surface area (Å²) in [6, 6.07) is -1.26. The second kappa shape index (κ2) is 14.1. The van der Waals surface area contributed by atoms with Gasteiger partial charge < -0.3 is 20.7 Å². The summed E-state index contributed by atoms with van der Waals surface area (Å²) in [5, 5.41) is 19.7. The molecule has 0 saturated carbocycles. The summed E-state index contributed by atoms with van der Waals surface area (Å²) in [7, 11) is 0. The van der Waals surface area contributed by atoms with Crippen molar-refractivity contribution in [1.29, 1.82) is 0 Å². The summed E-state index contributed by atoms with van der Waals surface area (Å²) in [6.07, 6.45) is 7.13. The highest BCUT2D eigenvalue weighted by atomic mass is 16.5. The summed E-state index contributed by atoms with van der Waals surface area (Å²) in [4.78, 5) is 15.6. The van der Waals surface area contributed by atoms with Crippen molar-refractivity contribution >= 4 is 12.2 Å². The average molecular weight is 342 g/mol. The van der Waals surface area contributed by atoms with Gasteiger partial charge in [-0.15, -0.1) is 0 Å². The molecule has 6 nitrogen and oxygen atoms in total. The van der Waals surface area contributed by atoms with Crippen LogP contribution in [0.1, 0.15) is 65.2 Å². The molecule has 0 aliphatic carbocycles. The van der Waals surface area contributed by atoms with E-state index in [1.54, 1.807) is 6.92 Å². The fraction of sp³-hybridized carbons (Fsp3) is 0.778. The van der Waals surface area contributed by atoms with E-state index >= 15 is 0 Å². The second-order valence-corrected chi connectivity index (χ2v) is 5.97. The number of hydrogen-bond acceptors (Lipinski definition) is 6. The minimum atomic E-state index is -1.39. The zero-order chi connectivity index (χ0) is 18.4. The number of esters is 1. The number of aliphatic hydroxyl groups excluding tert-OH is 2. The van der Waals surface area contributed by atoms with E-state index in [9.17, 15) is 15.0 Å². The number of aliphatic hydroxyl groups is 2. The Hall–Kier alpha value is -1.24. The van der Waals surface area contributed by atoms with Crippen molar-refractivity contribution < 1.29 is 19.7 Å². The van der Waals surface area contributed by atoms with Crippen molar-refractivity contribution in [2.24, 2.45) is 10.7 Å². The molecule has 0 spiro atoms. The molecule has 0 aliphatic heterocycles. The van der Waals surface area contributed by atoms with E-state index in [4.69, 9.17) is 10.5 Å². The molecule has 0 aromatic carbocycles. The van der Waals surface area contributed by atoms with Gasteiger partial charge in [0.15, 0.2) is 0 Å². The molecule has 0 aromatic rings. The minimum absolute atomic E-state index is 0.101. The Labute approximate surface area is 145 Å². The predicted octanol–water partition coefficient (Wildman–Crippen LogP) is 2.32. The molecular weight excluding hydrogens is 308 g/mol. The minimum Gasteiger partial charge on any atom is -0.465 e. The van der Waals surface area contributed by atoms with Gasteiger partial charge in [-0.2, -0.15) is 0 Å². The molecule has 0 aliphatic rings. The van der Waals surface area contributed by atoms with Crippen LogP contribution >= 0.6 is 0 Å². The lowest BCUT2D eigenvalue weighted by atomic mass is 10.0. The van der Waals surface area contributed by atoms with E-state index in [-0.39, 0.29) is 13.0 Å². The number of carbonyl (C=O) groups is 1. The van der Waals surface area contributed by atoms with Crippen molar-refractivity contribution in [2.75, 3.05) is 6.61 Å². The highest BCUT2D eigenvalue weighted by molar-refractivity contribution is 5.76. The van der Waals surface area contributed by atoms with E-state index in [0.717, 1.165) is 18.5 Å². The van der Waals surface area contributed by atoms with Gasteiger partial charge in [0, 0.05) is 18.3 Å². The first-order chi connectivity index (χ1) is 11.4. The van der Waals surface area contributed by atoms with Crippen molar-refractivity contribution in [2.45, 2.75) is 83.5 Å². The fourth-order valence-corrected chi connectivity index (χ4v) is 2.22. The summed E-state index contributed by atoms with van der Waals surface area (Å²) in [6.45, 7) is 7.90. The van der Waals surface area contributed by atoms with Gasteiger partial charge in [-0.3, -0.25) is 9.79 Å². The number of unbranched alkanes of at least 4 members (excludes halogenated alkanes) is 5. The molecule has 3 unspecified atom stereocenters. The Bertz CT molecular complexity index is 385. The van der Waals surface area contributed by atoms with Crippen LogP contribution in [0.4, 0.5) is 0 Å². The molecule has 140 valence electrons. The smallest absolute Gasteiger partial charge is 0.325 e. The first kappa shape index (κ1) is 22.8. The molecule has 0 bridgehead atoms. The lowest BCUT2D eigenvalue weighted by Gasteiger charge is -2.21. The Kier molecular flexibility index (Phi) is 13.4. The van der Waals surface area contributed by atoms with Crippen LogP contribution in [0.3, 0.4) is 0 Å². The standard InChI is InChI=1S/C18H34N2O4/c1-4-6-7-8-9-10-11-14(3)20-13-12-15(21)17(22)16(19)18(23)24-5-2/h13,15-17,21-22H,3-12,19H2,1-2H3. The van der Waals surface area contributed by atoms with Gasteiger partial charge in [-0.25, -0.2) is 0 Å². The molecule has 4 N–H and O–H groups in total. The van der Waals surface area contributed by atoms with E-state index in [1.807, 2.05) is 0 Å². The number of hydrogen-bond donors (Lipinski definition) is 3. The normalized spacial score (nSPS) is 15.2. The van der Waals surface area contributed by atoms with Gasteiger partial charge in [0.05, 0.1) is 12.7 Å². The molecule has 0 heterocycles. The monoisotopic (exact) mass is 342 g/mol. The Balaban J connectivity index is 3.98. The maximum absolute atomic E-state index is 11.4. The van der Waals surface area contributed by atoms with E-state index in [1.165, 1.54) is 38.3 Å². The fourth-order valence-electron chi connectivity index (χ4n) is 2.22. The van der Waals surface area contributed by atoms with Crippen molar-refractivity contribution in [1.82, 2.24) is 0 Å². The molecule has 0 amide bonds. The molecule has 0 radical (unpaired) electrons. The van der Waals surface area contributed by atoms with E-state index in [0.29, 0.717) is 0 Å². The zero-order valence-electron chi connectivity index (χ0n) is 15.1. The molecule has 6 heteroatoms. The second-order valence-electron chi connectivity index (χ2n) is 5.97. The predicted molar refractivity (Wildman–Crippen MR) is 96.9 cm³/mol. The molecule has 24 heavy (non-hydrogen) atoms. The Morgan fingerprint density at radius 3 is 2.46 bits per heavy atom. The van der Waals surface area contributed by atoms with Gasteiger partial charge in [-0.05, 0) is 19.8 Å². The summed E-state index contributed by atoms with van der Waals surface area (Å²) < 4.78 is 4.71. The van der Waals surface area contributed by atoms with Crippen LogP contribution in [0, 0.1) is 0 Å². The molecule has 3 atom stereocenters. The summed E-state index contributed by atoms with van der Waals surface area (Å²) in [5.74, 6) is -0.728. The third-order valence-electron chi connectivity index (χ3n) is 3.76. The van der Waals surface area contributed by atoms with Crippen LogP contribution in [-0.2, 0) is 9.53 Å². The van der Waals surface area contributed by atoms with E-state index < -0.39 is 24.2 Å². The molecular formula is C18H34N2O4.